The predicted octanol–water partition coefficient (Wildman–Crippen LogP) is 3.67. The maximum Gasteiger partial charge on any atom is 0.335 e. The van der Waals surface area contributed by atoms with Crippen molar-refractivity contribution in [2.45, 2.75) is 50.9 Å². The summed E-state index contributed by atoms with van der Waals surface area (Å²) in [6, 6.07) is 6.65. The second-order valence-electron chi connectivity index (χ2n) is 7.47. The fourth-order valence-electron chi connectivity index (χ4n) is 4.02. The molecule has 0 bridgehead atoms. The molecule has 1 saturated heterocycles. The smallest absolute Gasteiger partial charge is 0.335 e. The molecule has 0 radical (unpaired) electrons. The summed E-state index contributed by atoms with van der Waals surface area (Å²) >= 11 is 1.89. The van der Waals surface area contributed by atoms with Gasteiger partial charge in [-0.15, -0.1) is 11.3 Å². The SMILES string of the molecule is O=C(O)c1cccc(CC(=O)N2CCC(c3nc4c(s3)CCCC4)CC2)c1. The number of hydrogen-bond acceptors (Lipinski definition) is 4. The van der Waals surface area contributed by atoms with Crippen molar-refractivity contribution in [3.63, 3.8) is 0 Å². The highest BCUT2D eigenvalue weighted by Gasteiger charge is 2.27. The summed E-state index contributed by atoms with van der Waals surface area (Å²) in [4.78, 5) is 32.0. The Morgan fingerprint density at radius 3 is 2.70 bits per heavy atom. The number of thiazole rings is 1. The number of amides is 1. The van der Waals surface area contributed by atoms with Gasteiger partial charge in [0.2, 0.25) is 5.91 Å². The Bertz CT molecular complexity index is 829. The van der Waals surface area contributed by atoms with E-state index in [-0.39, 0.29) is 17.9 Å². The topological polar surface area (TPSA) is 70.5 Å². The first kappa shape index (κ1) is 18.2. The molecule has 0 saturated carbocycles. The Morgan fingerprint density at radius 2 is 1.96 bits per heavy atom. The molecule has 1 amide bonds. The third kappa shape index (κ3) is 4.05. The second kappa shape index (κ2) is 7.80. The van der Waals surface area contributed by atoms with Crippen molar-refractivity contribution in [1.29, 1.82) is 0 Å². The fraction of sp³-hybridized carbons (Fsp3) is 0.476. The standard InChI is InChI=1S/C21H24N2O3S/c24-19(13-14-4-3-5-16(12-14)21(25)26)23-10-8-15(9-11-23)20-22-17-6-1-2-7-18(17)27-20/h3-5,12,15H,1-2,6-11,13H2,(H,25,26). The van der Waals surface area contributed by atoms with Crippen molar-refractivity contribution < 1.29 is 14.7 Å². The van der Waals surface area contributed by atoms with Crippen LogP contribution in [-0.4, -0.2) is 40.0 Å². The van der Waals surface area contributed by atoms with E-state index >= 15 is 0 Å². The van der Waals surface area contributed by atoms with Crippen LogP contribution >= 0.6 is 11.3 Å². The number of carbonyl (C=O) groups is 2. The molecule has 1 aromatic carbocycles. The van der Waals surface area contributed by atoms with Crippen LogP contribution in [0.4, 0.5) is 0 Å². The normalized spacial score (nSPS) is 17.6. The molecule has 4 rings (SSSR count). The summed E-state index contributed by atoms with van der Waals surface area (Å²) in [6.45, 7) is 1.51. The molecule has 5 nitrogen and oxygen atoms in total. The summed E-state index contributed by atoms with van der Waals surface area (Å²) in [6.07, 6.45) is 7.03. The molecule has 0 unspecified atom stereocenters. The summed E-state index contributed by atoms with van der Waals surface area (Å²) in [7, 11) is 0. The zero-order chi connectivity index (χ0) is 18.8. The van der Waals surface area contributed by atoms with E-state index in [0.29, 0.717) is 5.92 Å². The third-order valence-corrected chi connectivity index (χ3v) is 6.91. The van der Waals surface area contributed by atoms with Crippen molar-refractivity contribution >= 4 is 23.2 Å². The number of aromatic nitrogens is 1. The highest BCUT2D eigenvalue weighted by Crippen LogP contribution is 2.35. The first-order valence-corrected chi connectivity index (χ1v) is 10.5. The summed E-state index contributed by atoms with van der Waals surface area (Å²) in [5, 5.41) is 10.4. The summed E-state index contributed by atoms with van der Waals surface area (Å²) in [5.74, 6) is -0.411. The lowest BCUT2D eigenvalue weighted by Gasteiger charge is -2.31. The van der Waals surface area contributed by atoms with E-state index in [0.717, 1.165) is 37.9 Å². The van der Waals surface area contributed by atoms with Gasteiger partial charge < -0.3 is 10.0 Å². The van der Waals surface area contributed by atoms with Crippen molar-refractivity contribution in [1.82, 2.24) is 9.88 Å². The van der Waals surface area contributed by atoms with Crippen molar-refractivity contribution in [3.05, 3.63) is 51.0 Å². The highest BCUT2D eigenvalue weighted by molar-refractivity contribution is 7.11. The quantitative estimate of drug-likeness (QED) is 0.873. The molecule has 142 valence electrons. The number of benzene rings is 1. The number of nitrogens with zero attached hydrogens (tertiary/aromatic N) is 2. The van der Waals surface area contributed by atoms with E-state index in [1.807, 2.05) is 22.3 Å². The van der Waals surface area contributed by atoms with E-state index in [1.54, 1.807) is 18.2 Å². The molecule has 1 N–H and O–H groups in total. The summed E-state index contributed by atoms with van der Waals surface area (Å²) in [5.41, 5.74) is 2.31. The van der Waals surface area contributed by atoms with E-state index < -0.39 is 5.97 Å². The van der Waals surface area contributed by atoms with Crippen molar-refractivity contribution in [2.24, 2.45) is 0 Å². The van der Waals surface area contributed by atoms with Gasteiger partial charge in [-0.1, -0.05) is 12.1 Å². The van der Waals surface area contributed by atoms with Crippen LogP contribution < -0.4 is 0 Å². The molecule has 1 aromatic heterocycles. The van der Waals surface area contributed by atoms with Crippen LogP contribution in [0, 0.1) is 0 Å². The van der Waals surface area contributed by atoms with Gasteiger partial charge in [0.25, 0.3) is 0 Å². The predicted molar refractivity (Wildman–Crippen MR) is 104 cm³/mol. The molecule has 0 atom stereocenters. The van der Waals surface area contributed by atoms with Crippen LogP contribution in [0.5, 0.6) is 0 Å². The van der Waals surface area contributed by atoms with Gasteiger partial charge in [0.05, 0.1) is 22.7 Å². The van der Waals surface area contributed by atoms with Gasteiger partial charge in [-0.05, 0) is 56.2 Å². The van der Waals surface area contributed by atoms with Crippen LogP contribution in [0.2, 0.25) is 0 Å². The average Bonchev–Trinajstić information content (AvgIpc) is 3.12. The van der Waals surface area contributed by atoms with Crippen LogP contribution in [-0.2, 0) is 24.1 Å². The Kier molecular flexibility index (Phi) is 5.25. The number of carbonyl (C=O) groups excluding carboxylic acids is 1. The van der Waals surface area contributed by atoms with Gasteiger partial charge in [-0.25, -0.2) is 9.78 Å². The van der Waals surface area contributed by atoms with Crippen LogP contribution in [0.1, 0.15) is 63.1 Å². The lowest BCUT2D eigenvalue weighted by molar-refractivity contribution is -0.131. The Balaban J connectivity index is 1.34. The molecule has 1 fully saturated rings. The minimum Gasteiger partial charge on any atom is -0.478 e. The van der Waals surface area contributed by atoms with Crippen LogP contribution in [0.25, 0.3) is 0 Å². The largest absolute Gasteiger partial charge is 0.478 e. The maximum absolute atomic E-state index is 12.6. The number of carboxylic acid groups (broad SMARTS) is 1. The molecule has 2 heterocycles. The first-order valence-electron chi connectivity index (χ1n) is 9.68. The van der Waals surface area contributed by atoms with Crippen molar-refractivity contribution in [2.75, 3.05) is 13.1 Å². The number of rotatable bonds is 4. The second-order valence-corrected chi connectivity index (χ2v) is 8.58. The van der Waals surface area contributed by atoms with E-state index in [9.17, 15) is 9.59 Å². The average molecular weight is 385 g/mol. The van der Waals surface area contributed by atoms with Crippen LogP contribution in [0.3, 0.4) is 0 Å². The Hall–Kier alpha value is -2.21. The van der Waals surface area contributed by atoms with E-state index in [4.69, 9.17) is 10.1 Å². The zero-order valence-electron chi connectivity index (χ0n) is 15.3. The molecule has 0 spiro atoms. The number of fused-ring (bicyclic) bond motifs is 1. The molecule has 1 aliphatic heterocycles. The highest BCUT2D eigenvalue weighted by atomic mass is 32.1. The van der Waals surface area contributed by atoms with Crippen molar-refractivity contribution in [3.8, 4) is 0 Å². The first-order chi connectivity index (χ1) is 13.1. The molecule has 2 aliphatic rings. The van der Waals surface area contributed by atoms with Gasteiger partial charge in [-0.2, -0.15) is 0 Å². The number of aryl methyl sites for hydroxylation is 2. The van der Waals surface area contributed by atoms with Gasteiger partial charge in [0, 0.05) is 23.9 Å². The third-order valence-electron chi connectivity index (χ3n) is 5.59. The lowest BCUT2D eigenvalue weighted by Crippen LogP contribution is -2.38. The van der Waals surface area contributed by atoms with Crippen LogP contribution in [0.15, 0.2) is 24.3 Å². The molecule has 6 heteroatoms. The van der Waals surface area contributed by atoms with E-state index in [1.165, 1.54) is 34.8 Å². The molecule has 2 aromatic rings. The number of aromatic carboxylic acids is 1. The number of likely N-dealkylation sites (tertiary alicyclic amines) is 1. The van der Waals surface area contributed by atoms with E-state index in [2.05, 4.69) is 0 Å². The monoisotopic (exact) mass is 384 g/mol. The minimum absolute atomic E-state index is 0.0782. The number of piperidine rings is 1. The number of carboxylic acids is 1. The molecular formula is C21H24N2O3S. The van der Waals surface area contributed by atoms with Gasteiger partial charge in [0.1, 0.15) is 0 Å². The molecule has 1 aliphatic carbocycles. The Morgan fingerprint density at radius 1 is 1.19 bits per heavy atom. The summed E-state index contributed by atoms with van der Waals surface area (Å²) < 4.78 is 0. The number of hydrogen-bond donors (Lipinski definition) is 1. The van der Waals surface area contributed by atoms with Gasteiger partial charge >= 0.3 is 5.97 Å². The molecular weight excluding hydrogens is 360 g/mol. The zero-order valence-corrected chi connectivity index (χ0v) is 16.1. The fourth-order valence-corrected chi connectivity index (χ4v) is 5.35. The van der Waals surface area contributed by atoms with Gasteiger partial charge in [-0.3, -0.25) is 4.79 Å². The molecule has 27 heavy (non-hydrogen) atoms. The van der Waals surface area contributed by atoms with Gasteiger partial charge in [0.15, 0.2) is 0 Å². The lowest BCUT2D eigenvalue weighted by atomic mass is 9.96. The minimum atomic E-state index is -0.962. The Labute approximate surface area is 163 Å². The maximum atomic E-state index is 12.6.